The van der Waals surface area contributed by atoms with Crippen molar-refractivity contribution in [2.75, 3.05) is 7.05 Å². The van der Waals surface area contributed by atoms with Crippen LogP contribution in [0.2, 0.25) is 0 Å². The van der Waals surface area contributed by atoms with E-state index in [-0.39, 0.29) is 23.1 Å². The van der Waals surface area contributed by atoms with Crippen LogP contribution in [0.4, 0.5) is 0 Å². The predicted octanol–water partition coefficient (Wildman–Crippen LogP) is 0.705. The van der Waals surface area contributed by atoms with E-state index in [0.29, 0.717) is 5.54 Å². The summed E-state index contributed by atoms with van der Waals surface area (Å²) in [5, 5.41) is 0. The molecule has 2 atom stereocenters. The average molecular weight is 174 g/mol. The van der Waals surface area contributed by atoms with Crippen LogP contribution < -0.4 is 0 Å². The SMILES string of the molecule is [Li][CH]1CCC(C)C(C)(C)N1C.[MgH2]. The van der Waals surface area contributed by atoms with Crippen LogP contribution in [0.1, 0.15) is 33.6 Å². The molecule has 0 aromatic heterocycles. The fourth-order valence-corrected chi connectivity index (χ4v) is 1.95. The molecule has 1 nitrogen and oxygen atoms in total. The van der Waals surface area contributed by atoms with E-state index in [9.17, 15) is 0 Å². The summed E-state index contributed by atoms with van der Waals surface area (Å²) in [4.78, 5) is 2.52. The van der Waals surface area contributed by atoms with Gasteiger partial charge in [0.15, 0.2) is 0 Å². The summed E-state index contributed by atoms with van der Waals surface area (Å²) in [6.07, 6.45) is 2.75. The van der Waals surface area contributed by atoms with E-state index in [4.69, 9.17) is 0 Å². The first-order valence-electron chi connectivity index (χ1n) is 4.69. The van der Waals surface area contributed by atoms with Crippen molar-refractivity contribution < 1.29 is 0 Å². The van der Waals surface area contributed by atoms with Crippen LogP contribution in [0, 0.1) is 5.92 Å². The van der Waals surface area contributed by atoms with Gasteiger partial charge in [-0.25, -0.2) is 0 Å². The van der Waals surface area contributed by atoms with E-state index in [1.165, 1.54) is 12.8 Å². The Morgan fingerprint density at radius 3 is 2.25 bits per heavy atom. The fourth-order valence-electron chi connectivity index (χ4n) is 1.95. The first-order valence-corrected chi connectivity index (χ1v) is 4.69. The molecule has 1 heterocycles. The van der Waals surface area contributed by atoms with Crippen LogP contribution in [0.15, 0.2) is 0 Å². The van der Waals surface area contributed by atoms with Crippen molar-refractivity contribution in [3.05, 3.63) is 0 Å². The van der Waals surface area contributed by atoms with Crippen molar-refractivity contribution in [1.29, 1.82) is 0 Å². The van der Waals surface area contributed by atoms with E-state index in [1.54, 1.807) is 0 Å². The zero-order valence-corrected chi connectivity index (χ0v) is 8.52. The third-order valence-corrected chi connectivity index (χ3v) is 3.79. The summed E-state index contributed by atoms with van der Waals surface area (Å²) in [5.74, 6) is 0.837. The molecule has 1 aliphatic rings. The van der Waals surface area contributed by atoms with Gasteiger partial charge in [0.1, 0.15) is 0 Å². The van der Waals surface area contributed by atoms with Crippen molar-refractivity contribution in [2.45, 2.75) is 43.9 Å². The second-order valence-electron chi connectivity index (χ2n) is 4.59. The Bertz CT molecular complexity index is 149. The van der Waals surface area contributed by atoms with Gasteiger partial charge in [0, 0.05) is 0 Å². The summed E-state index contributed by atoms with van der Waals surface area (Å²) in [7, 11) is 2.25. The molecule has 3 heteroatoms. The maximum Gasteiger partial charge on any atom is 0.316 e. The molecular formula is C9H20LiMgN. The van der Waals surface area contributed by atoms with Gasteiger partial charge >= 0.3 is 103 Å². The molecule has 12 heavy (non-hydrogen) atoms. The molecule has 2 unspecified atom stereocenters. The van der Waals surface area contributed by atoms with E-state index in [0.717, 1.165) is 10.6 Å². The minimum atomic E-state index is 0. The van der Waals surface area contributed by atoms with Crippen molar-refractivity contribution in [3.63, 3.8) is 0 Å². The number of rotatable bonds is 0. The van der Waals surface area contributed by atoms with E-state index >= 15 is 0 Å². The van der Waals surface area contributed by atoms with Crippen LogP contribution in [0.5, 0.6) is 0 Å². The topological polar surface area (TPSA) is 3.24 Å². The fraction of sp³-hybridized carbons (Fsp3) is 1.00. The van der Waals surface area contributed by atoms with Gasteiger partial charge in [0.25, 0.3) is 0 Å². The van der Waals surface area contributed by atoms with Crippen molar-refractivity contribution in [3.8, 4) is 0 Å². The average Bonchev–Trinajstić information content (AvgIpc) is 1.95. The Labute approximate surface area is 102 Å². The molecule has 0 aromatic rings. The van der Waals surface area contributed by atoms with E-state index < -0.39 is 0 Å². The van der Waals surface area contributed by atoms with Gasteiger partial charge in [-0.2, -0.15) is 0 Å². The zero-order chi connectivity index (χ0) is 8.65. The molecule has 0 amide bonds. The first-order chi connectivity index (χ1) is 4.96. The minimum absolute atomic E-state index is 0. The second kappa shape index (κ2) is 4.71. The van der Waals surface area contributed by atoms with Gasteiger partial charge in [-0.05, 0) is 0 Å². The zero-order valence-electron chi connectivity index (χ0n) is 8.52. The smallest absolute Gasteiger partial charge is 0.316 e. The summed E-state index contributed by atoms with van der Waals surface area (Å²) >= 11 is 2.33. The Balaban J connectivity index is 0.00000121. The summed E-state index contributed by atoms with van der Waals surface area (Å²) < 4.78 is 0.765. The van der Waals surface area contributed by atoms with Gasteiger partial charge in [-0.1, -0.05) is 0 Å². The van der Waals surface area contributed by atoms with Gasteiger partial charge in [-0.15, -0.1) is 0 Å². The molecule has 0 bridgehead atoms. The molecule has 0 saturated carbocycles. The Hall–Kier alpha value is 1.32. The molecule has 1 fully saturated rings. The van der Waals surface area contributed by atoms with E-state index in [1.807, 2.05) is 0 Å². The first kappa shape index (κ1) is 13.3. The number of likely N-dealkylation sites (tertiary alicyclic amines) is 1. The molecule has 1 saturated heterocycles. The molecule has 0 aliphatic carbocycles. The normalized spacial score (nSPS) is 35.8. The second-order valence-corrected chi connectivity index (χ2v) is 4.59. The summed E-state index contributed by atoms with van der Waals surface area (Å²) in [6.45, 7) is 7.07. The number of hydrogen-bond donors (Lipinski definition) is 0. The third kappa shape index (κ3) is 2.42. The molecule has 64 valence electrons. The molecular weight excluding hydrogens is 153 g/mol. The number of hydrogen-bond acceptors (Lipinski definition) is 1. The molecule has 0 spiro atoms. The standard InChI is InChI=1S/C9H18N.Li.Mg.2H/c1-8-6-5-7-10(4)9(8,2)3;;;;/h7-8H,5-6H2,1-4H3;;;;. The van der Waals surface area contributed by atoms with Crippen LogP contribution in [-0.2, 0) is 0 Å². The van der Waals surface area contributed by atoms with Crippen LogP contribution in [-0.4, -0.2) is 63.0 Å². The monoisotopic (exact) mass is 173 g/mol. The Morgan fingerprint density at radius 2 is 1.83 bits per heavy atom. The molecule has 0 N–H and O–H groups in total. The van der Waals surface area contributed by atoms with Gasteiger partial charge in [0.2, 0.25) is 0 Å². The molecule has 0 aromatic carbocycles. The maximum atomic E-state index is 2.52. The quantitative estimate of drug-likeness (QED) is 0.488. The van der Waals surface area contributed by atoms with Crippen LogP contribution in [0.25, 0.3) is 0 Å². The maximum absolute atomic E-state index is 2.52. The van der Waals surface area contributed by atoms with Gasteiger partial charge in [-0.3, -0.25) is 0 Å². The number of nitrogens with zero attached hydrogens (tertiary/aromatic N) is 1. The minimum Gasteiger partial charge on any atom is 0.316 e. The van der Waals surface area contributed by atoms with Crippen molar-refractivity contribution in [1.82, 2.24) is 4.90 Å². The Kier molecular flexibility index (Phi) is 5.23. The third-order valence-electron chi connectivity index (χ3n) is 3.79. The number of piperidine rings is 1. The molecule has 1 rings (SSSR count). The largest absolute Gasteiger partial charge is 0.316 e. The van der Waals surface area contributed by atoms with Gasteiger partial charge < -0.3 is 0 Å². The summed E-state index contributed by atoms with van der Waals surface area (Å²) in [6, 6.07) is 0. The molecule has 1 aliphatic heterocycles. The Morgan fingerprint density at radius 1 is 1.33 bits per heavy atom. The predicted molar refractivity (Wildman–Crippen MR) is 58.3 cm³/mol. The van der Waals surface area contributed by atoms with Crippen LogP contribution >= 0.6 is 0 Å². The van der Waals surface area contributed by atoms with Gasteiger partial charge in [0.05, 0.1) is 0 Å². The van der Waals surface area contributed by atoms with Crippen LogP contribution in [0.3, 0.4) is 0 Å². The van der Waals surface area contributed by atoms with Crippen molar-refractivity contribution >= 4 is 40.8 Å². The summed E-state index contributed by atoms with van der Waals surface area (Å²) in [5.41, 5.74) is 0.400. The van der Waals surface area contributed by atoms with E-state index in [2.05, 4.69) is 50.4 Å². The molecule has 0 radical (unpaired) electrons. The van der Waals surface area contributed by atoms with Crippen molar-refractivity contribution in [2.24, 2.45) is 5.92 Å².